The number of carbonyl (C=O) groups excluding carboxylic acids is 1. The minimum Gasteiger partial charge on any atom is -0.355 e. The van der Waals surface area contributed by atoms with Crippen LogP contribution in [0.25, 0.3) is 0 Å². The van der Waals surface area contributed by atoms with Gasteiger partial charge in [-0.3, -0.25) is 9.63 Å². The Bertz CT molecular complexity index is 763. The molecule has 0 aliphatic rings. The Kier molecular flexibility index (Phi) is 6.74. The van der Waals surface area contributed by atoms with Crippen LogP contribution in [-0.4, -0.2) is 12.5 Å². The first kappa shape index (κ1) is 18.4. The van der Waals surface area contributed by atoms with E-state index in [0.29, 0.717) is 11.3 Å². The highest BCUT2D eigenvalue weighted by atomic mass is 127. The second kappa shape index (κ2) is 8.79. The maximum atomic E-state index is 13.6. The first-order valence-corrected chi connectivity index (χ1v) is 8.45. The molecule has 0 atom stereocenters. The van der Waals surface area contributed by atoms with Crippen LogP contribution in [0.1, 0.15) is 22.8 Å². The van der Waals surface area contributed by atoms with Crippen molar-refractivity contribution in [3.05, 3.63) is 69.1 Å². The van der Waals surface area contributed by atoms with Crippen molar-refractivity contribution in [2.75, 3.05) is 11.9 Å². The third kappa shape index (κ3) is 5.04. The van der Waals surface area contributed by atoms with E-state index < -0.39 is 11.7 Å². The molecule has 2 aromatic rings. The van der Waals surface area contributed by atoms with E-state index in [1.54, 1.807) is 6.08 Å². The van der Waals surface area contributed by atoms with Crippen molar-refractivity contribution in [2.24, 2.45) is 0 Å². The highest BCUT2D eigenvalue weighted by molar-refractivity contribution is 14.1. The van der Waals surface area contributed by atoms with Crippen molar-refractivity contribution < 1.29 is 14.0 Å². The Morgan fingerprint density at radius 1 is 1.25 bits per heavy atom. The summed E-state index contributed by atoms with van der Waals surface area (Å²) in [5, 5.41) is 3.12. The zero-order chi connectivity index (χ0) is 17.5. The molecular formula is C18H18FIN2O2. The van der Waals surface area contributed by atoms with E-state index in [1.807, 2.05) is 38.1 Å². The van der Waals surface area contributed by atoms with Gasteiger partial charge in [0.25, 0.3) is 5.91 Å². The number of anilines is 2. The molecule has 0 aromatic heterocycles. The SMILES string of the molecule is CC=CCONC(=O)c1ccc(F)cc1Nc1ccc(I)cc1C. The highest BCUT2D eigenvalue weighted by Gasteiger charge is 2.13. The number of rotatable bonds is 6. The zero-order valence-electron chi connectivity index (χ0n) is 13.4. The number of amides is 1. The van der Waals surface area contributed by atoms with Gasteiger partial charge >= 0.3 is 0 Å². The molecule has 0 aliphatic heterocycles. The van der Waals surface area contributed by atoms with Gasteiger partial charge in [0.15, 0.2) is 0 Å². The zero-order valence-corrected chi connectivity index (χ0v) is 15.6. The molecule has 2 N–H and O–H groups in total. The number of halogens is 2. The molecule has 0 saturated heterocycles. The maximum absolute atomic E-state index is 13.6. The summed E-state index contributed by atoms with van der Waals surface area (Å²) >= 11 is 2.22. The fourth-order valence-corrected chi connectivity index (χ4v) is 2.68. The lowest BCUT2D eigenvalue weighted by Crippen LogP contribution is -2.24. The molecule has 4 nitrogen and oxygen atoms in total. The molecule has 0 bridgehead atoms. The molecule has 0 saturated carbocycles. The van der Waals surface area contributed by atoms with Crippen LogP contribution in [0, 0.1) is 16.3 Å². The Hall–Kier alpha value is -1.93. The van der Waals surface area contributed by atoms with E-state index in [-0.39, 0.29) is 6.61 Å². The van der Waals surface area contributed by atoms with Crippen LogP contribution in [0.3, 0.4) is 0 Å². The summed E-state index contributed by atoms with van der Waals surface area (Å²) in [6.07, 6.45) is 3.58. The van der Waals surface area contributed by atoms with Crippen LogP contribution in [0.2, 0.25) is 0 Å². The summed E-state index contributed by atoms with van der Waals surface area (Å²) in [5.74, 6) is -0.864. The molecule has 1 amide bonds. The average Bonchev–Trinajstić information content (AvgIpc) is 2.54. The standard InChI is InChI=1S/C18H18FIN2O2/c1-3-4-9-24-22-18(23)15-7-5-13(19)11-17(15)21-16-8-6-14(20)10-12(16)2/h3-8,10-11,21H,9H2,1-2H3,(H,22,23). The Labute approximate surface area is 154 Å². The molecule has 6 heteroatoms. The second-order valence-electron chi connectivity index (χ2n) is 5.09. The van der Waals surface area contributed by atoms with Crippen molar-refractivity contribution in [3.8, 4) is 0 Å². The molecule has 0 heterocycles. The Morgan fingerprint density at radius 3 is 2.75 bits per heavy atom. The first-order chi connectivity index (χ1) is 11.5. The summed E-state index contributed by atoms with van der Waals surface area (Å²) in [4.78, 5) is 17.3. The molecule has 0 fully saturated rings. The van der Waals surface area contributed by atoms with Crippen LogP contribution in [0.15, 0.2) is 48.6 Å². The van der Waals surface area contributed by atoms with Gasteiger partial charge in [-0.1, -0.05) is 12.2 Å². The lowest BCUT2D eigenvalue weighted by molar-refractivity contribution is 0.0421. The van der Waals surface area contributed by atoms with Gasteiger partial charge in [0.2, 0.25) is 0 Å². The fourth-order valence-electron chi connectivity index (χ4n) is 2.04. The van der Waals surface area contributed by atoms with Gasteiger partial charge in [-0.05, 0) is 78.4 Å². The second-order valence-corrected chi connectivity index (χ2v) is 6.33. The van der Waals surface area contributed by atoms with Gasteiger partial charge < -0.3 is 5.32 Å². The smallest absolute Gasteiger partial charge is 0.276 e. The van der Waals surface area contributed by atoms with Crippen LogP contribution < -0.4 is 10.8 Å². The monoisotopic (exact) mass is 440 g/mol. The molecule has 24 heavy (non-hydrogen) atoms. The number of aryl methyl sites for hydroxylation is 1. The third-order valence-corrected chi connectivity index (χ3v) is 3.94. The van der Waals surface area contributed by atoms with Gasteiger partial charge in [-0.15, -0.1) is 0 Å². The van der Waals surface area contributed by atoms with E-state index in [0.717, 1.165) is 14.8 Å². The molecule has 2 rings (SSSR count). The predicted molar refractivity (Wildman–Crippen MR) is 102 cm³/mol. The van der Waals surface area contributed by atoms with Crippen LogP contribution >= 0.6 is 22.6 Å². The minimum atomic E-state index is -0.440. The van der Waals surface area contributed by atoms with Crippen molar-refractivity contribution in [1.29, 1.82) is 0 Å². The number of allylic oxidation sites excluding steroid dienone is 1. The van der Waals surface area contributed by atoms with E-state index >= 15 is 0 Å². The fraction of sp³-hybridized carbons (Fsp3) is 0.167. The van der Waals surface area contributed by atoms with Gasteiger partial charge in [-0.25, -0.2) is 9.87 Å². The van der Waals surface area contributed by atoms with Crippen LogP contribution in [0.4, 0.5) is 15.8 Å². The van der Waals surface area contributed by atoms with E-state index in [2.05, 4.69) is 33.4 Å². The summed E-state index contributed by atoms with van der Waals surface area (Å²) in [6.45, 7) is 4.07. The molecule has 0 aliphatic carbocycles. The number of benzene rings is 2. The van der Waals surface area contributed by atoms with Gasteiger partial charge in [0, 0.05) is 9.26 Å². The molecule has 0 unspecified atom stereocenters. The number of hydrogen-bond donors (Lipinski definition) is 2. The van der Waals surface area contributed by atoms with Crippen molar-refractivity contribution in [2.45, 2.75) is 13.8 Å². The van der Waals surface area contributed by atoms with Gasteiger partial charge in [0.05, 0.1) is 17.9 Å². The average molecular weight is 440 g/mol. The molecule has 0 radical (unpaired) electrons. The summed E-state index contributed by atoms with van der Waals surface area (Å²) in [6, 6.07) is 9.79. The third-order valence-electron chi connectivity index (χ3n) is 3.26. The lowest BCUT2D eigenvalue weighted by Gasteiger charge is -2.14. The number of nitrogens with one attached hydrogen (secondary N) is 2. The first-order valence-electron chi connectivity index (χ1n) is 7.37. The van der Waals surface area contributed by atoms with Gasteiger partial charge in [-0.2, -0.15) is 0 Å². The number of carbonyl (C=O) groups is 1. The number of hydrogen-bond acceptors (Lipinski definition) is 3. The van der Waals surface area contributed by atoms with E-state index in [4.69, 9.17) is 4.84 Å². The van der Waals surface area contributed by atoms with Crippen molar-refractivity contribution >= 4 is 39.9 Å². The van der Waals surface area contributed by atoms with Gasteiger partial charge in [0.1, 0.15) is 5.82 Å². The maximum Gasteiger partial charge on any atom is 0.276 e. The molecule has 2 aromatic carbocycles. The van der Waals surface area contributed by atoms with E-state index in [1.165, 1.54) is 18.2 Å². The molecule has 126 valence electrons. The highest BCUT2D eigenvalue weighted by Crippen LogP contribution is 2.25. The largest absolute Gasteiger partial charge is 0.355 e. The minimum absolute atomic E-state index is 0.266. The molecule has 0 spiro atoms. The summed E-state index contributed by atoms with van der Waals surface area (Å²) in [5.41, 5.74) is 4.84. The normalized spacial score (nSPS) is 10.8. The van der Waals surface area contributed by atoms with Crippen molar-refractivity contribution in [3.63, 3.8) is 0 Å². The summed E-state index contributed by atoms with van der Waals surface area (Å²) in [7, 11) is 0. The summed E-state index contributed by atoms with van der Waals surface area (Å²) < 4.78 is 14.7. The van der Waals surface area contributed by atoms with E-state index in [9.17, 15) is 9.18 Å². The number of hydroxylamine groups is 1. The van der Waals surface area contributed by atoms with Crippen LogP contribution in [-0.2, 0) is 4.84 Å². The van der Waals surface area contributed by atoms with Crippen molar-refractivity contribution in [1.82, 2.24) is 5.48 Å². The topological polar surface area (TPSA) is 50.4 Å². The Morgan fingerprint density at radius 2 is 2.04 bits per heavy atom. The van der Waals surface area contributed by atoms with Crippen LogP contribution in [0.5, 0.6) is 0 Å². The molecular weight excluding hydrogens is 422 g/mol. The quantitative estimate of drug-likeness (QED) is 0.296. The Balaban J connectivity index is 2.22. The predicted octanol–water partition coefficient (Wildman–Crippen LogP) is 4.72. The lowest BCUT2D eigenvalue weighted by atomic mass is 10.1.